The predicted molar refractivity (Wildman–Crippen MR) is 68.3 cm³/mol. The van der Waals surface area contributed by atoms with Crippen LogP contribution in [0.1, 0.15) is 25.7 Å². The lowest BCUT2D eigenvalue weighted by Crippen LogP contribution is -2.55. The van der Waals surface area contributed by atoms with Crippen molar-refractivity contribution in [1.82, 2.24) is 5.32 Å². The minimum Gasteiger partial charge on any atom is -0.468 e. The zero-order valence-corrected chi connectivity index (χ0v) is 11.3. The maximum atomic E-state index is 11.9. The van der Waals surface area contributed by atoms with Crippen molar-refractivity contribution < 1.29 is 14.3 Å². The third-order valence-corrected chi connectivity index (χ3v) is 5.20. The fraction of sp³-hybridized carbons (Fsp3) is 0.917. The fourth-order valence-electron chi connectivity index (χ4n) is 2.62. The van der Waals surface area contributed by atoms with Crippen molar-refractivity contribution in [1.29, 1.82) is 0 Å². The fourth-order valence-corrected chi connectivity index (χ4v) is 4.19. The van der Waals surface area contributed by atoms with Crippen LogP contribution in [0.3, 0.4) is 0 Å². The molecule has 1 heterocycles. The summed E-state index contributed by atoms with van der Waals surface area (Å²) in [7, 11) is 3.33. The number of methoxy groups -OCH3 is 1. The molecule has 2 rings (SSSR count). The second-order valence-corrected chi connectivity index (χ2v) is 6.44. The predicted octanol–water partition coefficient (Wildman–Crippen LogP) is 1.19. The summed E-state index contributed by atoms with van der Waals surface area (Å²) in [4.78, 5) is 11.9. The van der Waals surface area contributed by atoms with Gasteiger partial charge in [0.2, 0.25) is 0 Å². The summed E-state index contributed by atoms with van der Waals surface area (Å²) in [6.07, 6.45) is 4.04. The number of ether oxygens (including phenoxy) is 2. The van der Waals surface area contributed by atoms with Gasteiger partial charge in [-0.2, -0.15) is 11.8 Å². The van der Waals surface area contributed by atoms with E-state index in [1.54, 1.807) is 0 Å². The van der Waals surface area contributed by atoms with Crippen LogP contribution in [0.4, 0.5) is 0 Å². The Kier molecular flexibility index (Phi) is 4.33. The van der Waals surface area contributed by atoms with Crippen LogP contribution in [0.2, 0.25) is 0 Å². The lowest BCUT2D eigenvalue weighted by molar-refractivity contribution is -0.149. The van der Waals surface area contributed by atoms with Gasteiger partial charge in [-0.3, -0.25) is 4.79 Å². The highest BCUT2D eigenvalue weighted by Gasteiger charge is 2.43. The molecule has 0 amide bonds. The summed E-state index contributed by atoms with van der Waals surface area (Å²) in [5, 5.41) is 4.36. The van der Waals surface area contributed by atoms with Crippen LogP contribution in [-0.2, 0) is 14.3 Å². The van der Waals surface area contributed by atoms with E-state index in [1.807, 2.05) is 18.8 Å². The summed E-state index contributed by atoms with van der Waals surface area (Å²) >= 11 is 1.98. The number of hydrogen-bond acceptors (Lipinski definition) is 5. The van der Waals surface area contributed by atoms with E-state index in [4.69, 9.17) is 9.47 Å². The van der Waals surface area contributed by atoms with Crippen molar-refractivity contribution in [3.63, 3.8) is 0 Å². The van der Waals surface area contributed by atoms with Crippen molar-refractivity contribution in [3.05, 3.63) is 0 Å². The Balaban J connectivity index is 1.95. The first kappa shape index (κ1) is 13.2. The molecule has 0 spiro atoms. The van der Waals surface area contributed by atoms with Crippen LogP contribution in [0, 0.1) is 0 Å². The number of carbonyl (C=O) groups excluding carboxylic acids is 1. The van der Waals surface area contributed by atoms with E-state index in [1.165, 1.54) is 13.5 Å². The maximum absolute atomic E-state index is 11.9. The summed E-state index contributed by atoms with van der Waals surface area (Å²) in [5.74, 6) is -0.116. The Morgan fingerprint density at radius 2 is 2.24 bits per heavy atom. The number of thioether (sulfide) groups is 1. The van der Waals surface area contributed by atoms with E-state index >= 15 is 0 Å². The summed E-state index contributed by atoms with van der Waals surface area (Å²) in [6.45, 7) is 1.73. The molecule has 0 aromatic carbocycles. The highest BCUT2D eigenvalue weighted by atomic mass is 32.2. The molecule has 0 radical (unpaired) electrons. The van der Waals surface area contributed by atoms with Crippen LogP contribution >= 0.6 is 11.8 Å². The Morgan fingerprint density at radius 3 is 2.76 bits per heavy atom. The Hall–Kier alpha value is -0.260. The lowest BCUT2D eigenvalue weighted by Gasteiger charge is -2.40. The van der Waals surface area contributed by atoms with E-state index in [2.05, 4.69) is 5.32 Å². The van der Waals surface area contributed by atoms with Gasteiger partial charge in [-0.05, 0) is 32.7 Å². The first-order valence-corrected chi connectivity index (χ1v) is 7.15. The molecule has 0 bridgehead atoms. The maximum Gasteiger partial charge on any atom is 0.326 e. The van der Waals surface area contributed by atoms with Crippen LogP contribution in [0.15, 0.2) is 0 Å². The standard InChI is InChI=1S/C12H21NO3S/c1-13-12(11(14)15-2)5-3-4-9(6-12)17-10-7-16-8-10/h9-10,13H,3-8H2,1-2H3. The molecular formula is C12H21NO3S. The average Bonchev–Trinajstić information content (AvgIpc) is 2.33. The van der Waals surface area contributed by atoms with E-state index in [0.717, 1.165) is 32.5 Å². The van der Waals surface area contributed by atoms with E-state index in [-0.39, 0.29) is 5.97 Å². The third kappa shape index (κ3) is 2.77. The van der Waals surface area contributed by atoms with Crippen LogP contribution in [-0.4, -0.2) is 49.4 Å². The molecule has 1 saturated heterocycles. The zero-order chi connectivity index (χ0) is 12.3. The minimum absolute atomic E-state index is 0.116. The van der Waals surface area contributed by atoms with Crippen molar-refractivity contribution >= 4 is 17.7 Å². The van der Waals surface area contributed by atoms with Crippen molar-refractivity contribution in [2.24, 2.45) is 0 Å². The smallest absolute Gasteiger partial charge is 0.326 e. The Bertz CT molecular complexity index is 283. The topological polar surface area (TPSA) is 47.6 Å². The van der Waals surface area contributed by atoms with Crippen molar-refractivity contribution in [3.8, 4) is 0 Å². The van der Waals surface area contributed by atoms with Crippen LogP contribution in [0.5, 0.6) is 0 Å². The molecule has 0 aromatic rings. The molecule has 2 atom stereocenters. The third-order valence-electron chi connectivity index (χ3n) is 3.75. The van der Waals surface area contributed by atoms with Gasteiger partial charge < -0.3 is 14.8 Å². The van der Waals surface area contributed by atoms with Crippen LogP contribution in [0.25, 0.3) is 0 Å². The molecule has 1 N–H and O–H groups in total. The summed E-state index contributed by atoms with van der Waals surface area (Å²) in [6, 6.07) is 0. The van der Waals surface area contributed by atoms with Gasteiger partial charge in [0.1, 0.15) is 5.54 Å². The molecular weight excluding hydrogens is 238 g/mol. The molecule has 98 valence electrons. The Morgan fingerprint density at radius 1 is 1.47 bits per heavy atom. The Labute approximate surface area is 107 Å². The first-order valence-electron chi connectivity index (χ1n) is 6.21. The second kappa shape index (κ2) is 5.59. The monoisotopic (exact) mass is 259 g/mol. The van der Waals surface area contributed by atoms with Gasteiger partial charge in [-0.15, -0.1) is 0 Å². The molecule has 17 heavy (non-hydrogen) atoms. The molecule has 1 saturated carbocycles. The first-order chi connectivity index (χ1) is 8.20. The van der Waals surface area contributed by atoms with Gasteiger partial charge in [-0.1, -0.05) is 0 Å². The van der Waals surface area contributed by atoms with E-state index in [9.17, 15) is 4.79 Å². The second-order valence-electron chi connectivity index (χ2n) is 4.84. The van der Waals surface area contributed by atoms with Gasteiger partial charge in [0.25, 0.3) is 0 Å². The SMILES string of the molecule is CNC1(C(=O)OC)CCCC(SC2COC2)C1. The molecule has 1 aliphatic heterocycles. The highest BCUT2D eigenvalue weighted by molar-refractivity contribution is 8.00. The number of esters is 1. The summed E-state index contributed by atoms with van der Waals surface area (Å²) < 4.78 is 10.1. The number of likely N-dealkylation sites (N-methyl/N-ethyl adjacent to an activating group) is 1. The number of rotatable bonds is 4. The number of carbonyl (C=O) groups is 1. The molecule has 1 aliphatic carbocycles. The van der Waals surface area contributed by atoms with Gasteiger partial charge >= 0.3 is 5.97 Å². The molecule has 2 fully saturated rings. The zero-order valence-electron chi connectivity index (χ0n) is 10.5. The molecule has 5 heteroatoms. The molecule has 0 aromatic heterocycles. The van der Waals surface area contributed by atoms with Crippen LogP contribution < -0.4 is 5.32 Å². The van der Waals surface area contributed by atoms with Gasteiger partial charge in [-0.25, -0.2) is 0 Å². The number of nitrogens with one attached hydrogen (secondary N) is 1. The van der Waals surface area contributed by atoms with E-state index in [0.29, 0.717) is 10.5 Å². The number of hydrogen-bond donors (Lipinski definition) is 1. The van der Waals surface area contributed by atoms with Gasteiger partial charge in [0.05, 0.1) is 25.6 Å². The van der Waals surface area contributed by atoms with Gasteiger partial charge in [0.15, 0.2) is 0 Å². The molecule has 4 nitrogen and oxygen atoms in total. The summed E-state index contributed by atoms with van der Waals surface area (Å²) in [5.41, 5.74) is -0.463. The highest BCUT2D eigenvalue weighted by Crippen LogP contribution is 2.38. The quantitative estimate of drug-likeness (QED) is 0.769. The molecule has 2 aliphatic rings. The normalized spacial score (nSPS) is 34.1. The minimum atomic E-state index is -0.463. The largest absolute Gasteiger partial charge is 0.468 e. The van der Waals surface area contributed by atoms with E-state index < -0.39 is 5.54 Å². The molecule has 2 unspecified atom stereocenters. The van der Waals surface area contributed by atoms with Gasteiger partial charge in [0, 0.05) is 5.25 Å². The average molecular weight is 259 g/mol. The van der Waals surface area contributed by atoms with Crippen molar-refractivity contribution in [2.75, 3.05) is 27.4 Å². The lowest BCUT2D eigenvalue weighted by atomic mass is 9.81. The van der Waals surface area contributed by atoms with Crippen molar-refractivity contribution in [2.45, 2.75) is 41.7 Å².